The van der Waals surface area contributed by atoms with Gasteiger partial charge >= 0.3 is 0 Å². The predicted octanol–water partition coefficient (Wildman–Crippen LogP) is 2.79. The molecule has 0 spiro atoms. The zero-order valence-electron chi connectivity index (χ0n) is 12.1. The van der Waals surface area contributed by atoms with Crippen molar-refractivity contribution in [3.05, 3.63) is 69.3 Å². The number of non-ortho nitro benzene ring substituents is 1. The number of nitro groups is 1. The van der Waals surface area contributed by atoms with Gasteiger partial charge in [0.05, 0.1) is 4.92 Å². The van der Waals surface area contributed by atoms with Crippen LogP contribution in [-0.2, 0) is 13.0 Å². The second-order valence-electron chi connectivity index (χ2n) is 4.80. The number of hydrogen-bond acceptors (Lipinski definition) is 4. The van der Waals surface area contributed by atoms with E-state index in [0.29, 0.717) is 11.1 Å². The summed E-state index contributed by atoms with van der Waals surface area (Å²) in [6.07, 6.45) is 0.892. The lowest BCUT2D eigenvalue weighted by atomic mass is 10.1. The molecule has 0 aromatic heterocycles. The second-order valence-corrected chi connectivity index (χ2v) is 4.80. The molecule has 6 nitrogen and oxygen atoms in total. The number of carbonyl (C=O) groups excluding carboxylic acids is 1. The third-order valence-corrected chi connectivity index (χ3v) is 3.34. The Morgan fingerprint density at radius 3 is 2.50 bits per heavy atom. The van der Waals surface area contributed by atoms with Gasteiger partial charge in [-0.25, -0.2) is 0 Å². The topological polar surface area (TPSA) is 92.5 Å². The molecule has 2 aromatic rings. The van der Waals surface area contributed by atoms with Crippen LogP contribution >= 0.6 is 0 Å². The molecule has 0 bridgehead atoms. The first kappa shape index (κ1) is 15.5. The van der Waals surface area contributed by atoms with Gasteiger partial charge in [-0.2, -0.15) is 0 Å². The number of carbonyl (C=O) groups is 1. The predicted molar refractivity (Wildman–Crippen MR) is 81.8 cm³/mol. The molecule has 0 saturated heterocycles. The number of nitro benzene ring substituents is 1. The zero-order chi connectivity index (χ0) is 16.1. The monoisotopic (exact) mass is 300 g/mol. The van der Waals surface area contributed by atoms with Gasteiger partial charge in [0, 0.05) is 29.8 Å². The summed E-state index contributed by atoms with van der Waals surface area (Å²) in [4.78, 5) is 22.2. The molecule has 2 aromatic carbocycles. The van der Waals surface area contributed by atoms with E-state index in [1.807, 2.05) is 19.1 Å². The van der Waals surface area contributed by atoms with E-state index < -0.39 is 4.92 Å². The molecule has 0 aliphatic heterocycles. The van der Waals surface area contributed by atoms with E-state index in [1.54, 1.807) is 12.1 Å². The molecular formula is C16H16N2O4. The fraction of sp³-hybridized carbons (Fsp3) is 0.188. The lowest BCUT2D eigenvalue weighted by Crippen LogP contribution is -2.22. The normalized spacial score (nSPS) is 10.2. The van der Waals surface area contributed by atoms with Crippen LogP contribution in [0, 0.1) is 10.1 Å². The number of nitrogens with one attached hydrogen (secondary N) is 1. The maximum Gasteiger partial charge on any atom is 0.270 e. The third kappa shape index (κ3) is 3.60. The summed E-state index contributed by atoms with van der Waals surface area (Å²) >= 11 is 0. The quantitative estimate of drug-likeness (QED) is 0.656. The number of aromatic hydroxyl groups is 1. The van der Waals surface area contributed by atoms with Crippen molar-refractivity contribution < 1.29 is 14.8 Å². The molecule has 114 valence electrons. The molecule has 0 atom stereocenters. The Kier molecular flexibility index (Phi) is 4.73. The Balaban J connectivity index is 2.07. The van der Waals surface area contributed by atoms with Crippen molar-refractivity contribution in [2.45, 2.75) is 19.9 Å². The van der Waals surface area contributed by atoms with E-state index in [4.69, 9.17) is 0 Å². The van der Waals surface area contributed by atoms with Crippen LogP contribution in [0.25, 0.3) is 0 Å². The van der Waals surface area contributed by atoms with Crippen LogP contribution in [0.3, 0.4) is 0 Å². The van der Waals surface area contributed by atoms with Gasteiger partial charge in [-0.3, -0.25) is 14.9 Å². The first-order chi connectivity index (χ1) is 10.5. The van der Waals surface area contributed by atoms with E-state index in [2.05, 4.69) is 5.32 Å². The summed E-state index contributed by atoms with van der Waals surface area (Å²) in [5, 5.41) is 23.1. The molecule has 2 rings (SSSR count). The number of amides is 1. The number of hydrogen-bond donors (Lipinski definition) is 2. The molecule has 0 aliphatic carbocycles. The van der Waals surface area contributed by atoms with Crippen LogP contribution < -0.4 is 5.32 Å². The lowest BCUT2D eigenvalue weighted by molar-refractivity contribution is -0.384. The standard InChI is InChI=1S/C16H16N2O4/c1-2-11-3-5-12(6-4-11)16(20)17-10-13-9-14(18(21)22)7-8-15(13)19/h3-9,19H,2,10H2,1H3,(H,17,20). The van der Waals surface area contributed by atoms with Crippen LogP contribution in [0.1, 0.15) is 28.4 Å². The minimum Gasteiger partial charge on any atom is -0.508 e. The minimum absolute atomic E-state index is 0.0157. The van der Waals surface area contributed by atoms with Crippen molar-refractivity contribution in [2.75, 3.05) is 0 Å². The molecule has 0 fully saturated rings. The summed E-state index contributed by atoms with van der Waals surface area (Å²) < 4.78 is 0. The molecule has 0 radical (unpaired) electrons. The number of nitrogens with zero attached hydrogens (tertiary/aromatic N) is 1. The lowest BCUT2D eigenvalue weighted by Gasteiger charge is -2.07. The first-order valence-electron chi connectivity index (χ1n) is 6.84. The number of phenols is 1. The third-order valence-electron chi connectivity index (χ3n) is 3.34. The maximum atomic E-state index is 12.0. The fourth-order valence-corrected chi connectivity index (χ4v) is 2.00. The first-order valence-corrected chi connectivity index (χ1v) is 6.84. The molecule has 1 amide bonds. The molecule has 2 N–H and O–H groups in total. The van der Waals surface area contributed by atoms with Crippen molar-refractivity contribution in [3.8, 4) is 5.75 Å². The van der Waals surface area contributed by atoms with Crippen molar-refractivity contribution in [1.82, 2.24) is 5.32 Å². The van der Waals surface area contributed by atoms with Crippen LogP contribution in [0.5, 0.6) is 5.75 Å². The van der Waals surface area contributed by atoms with Gasteiger partial charge in [-0.1, -0.05) is 19.1 Å². The summed E-state index contributed by atoms with van der Waals surface area (Å²) in [6.45, 7) is 2.04. The van der Waals surface area contributed by atoms with Crippen molar-refractivity contribution in [2.24, 2.45) is 0 Å². The zero-order valence-corrected chi connectivity index (χ0v) is 12.1. The SMILES string of the molecule is CCc1ccc(C(=O)NCc2cc([N+](=O)[O-])ccc2O)cc1. The number of aryl methyl sites for hydroxylation is 1. The molecule has 0 unspecified atom stereocenters. The average Bonchev–Trinajstić information content (AvgIpc) is 2.53. The highest BCUT2D eigenvalue weighted by atomic mass is 16.6. The van der Waals surface area contributed by atoms with Gasteiger partial charge in [-0.05, 0) is 30.2 Å². The van der Waals surface area contributed by atoms with Crippen molar-refractivity contribution >= 4 is 11.6 Å². The number of benzene rings is 2. The van der Waals surface area contributed by atoms with Crippen LogP contribution in [-0.4, -0.2) is 15.9 Å². The van der Waals surface area contributed by atoms with Gasteiger partial charge in [0.1, 0.15) is 5.75 Å². The van der Waals surface area contributed by atoms with Gasteiger partial charge in [-0.15, -0.1) is 0 Å². The Hall–Kier alpha value is -2.89. The molecule has 0 saturated carbocycles. The average molecular weight is 300 g/mol. The smallest absolute Gasteiger partial charge is 0.270 e. The summed E-state index contributed by atoms with van der Waals surface area (Å²) in [7, 11) is 0. The fourth-order valence-electron chi connectivity index (χ4n) is 2.00. The summed E-state index contributed by atoms with van der Waals surface area (Å²) in [5.74, 6) is -0.388. The van der Waals surface area contributed by atoms with Crippen LogP contribution in [0.15, 0.2) is 42.5 Å². The Bertz CT molecular complexity index is 696. The summed E-state index contributed by atoms with van der Waals surface area (Å²) in [5.41, 5.74) is 1.80. The van der Waals surface area contributed by atoms with E-state index in [0.717, 1.165) is 12.0 Å². The van der Waals surface area contributed by atoms with Crippen LogP contribution in [0.4, 0.5) is 5.69 Å². The molecular weight excluding hydrogens is 284 g/mol. The largest absolute Gasteiger partial charge is 0.508 e. The van der Waals surface area contributed by atoms with E-state index >= 15 is 0 Å². The molecule has 6 heteroatoms. The number of phenolic OH excluding ortho intramolecular Hbond substituents is 1. The maximum absolute atomic E-state index is 12.0. The van der Waals surface area contributed by atoms with Gasteiger partial charge < -0.3 is 10.4 Å². The Morgan fingerprint density at radius 1 is 1.23 bits per heavy atom. The second kappa shape index (κ2) is 6.71. The van der Waals surface area contributed by atoms with Crippen LogP contribution in [0.2, 0.25) is 0 Å². The summed E-state index contributed by atoms with van der Waals surface area (Å²) in [6, 6.07) is 10.9. The van der Waals surface area contributed by atoms with Crippen molar-refractivity contribution in [1.29, 1.82) is 0 Å². The molecule has 22 heavy (non-hydrogen) atoms. The van der Waals surface area contributed by atoms with Gasteiger partial charge in [0.25, 0.3) is 11.6 Å². The Labute approximate surface area is 127 Å². The highest BCUT2D eigenvalue weighted by Gasteiger charge is 2.12. The minimum atomic E-state index is -0.547. The van der Waals surface area contributed by atoms with E-state index in [-0.39, 0.29) is 23.9 Å². The highest BCUT2D eigenvalue weighted by Crippen LogP contribution is 2.22. The van der Waals surface area contributed by atoms with Gasteiger partial charge in [0.15, 0.2) is 0 Å². The van der Waals surface area contributed by atoms with Crippen molar-refractivity contribution in [3.63, 3.8) is 0 Å². The molecule has 0 heterocycles. The van der Waals surface area contributed by atoms with E-state index in [1.165, 1.54) is 18.2 Å². The molecule has 0 aliphatic rings. The van der Waals surface area contributed by atoms with Gasteiger partial charge in [0.2, 0.25) is 0 Å². The highest BCUT2D eigenvalue weighted by molar-refractivity contribution is 5.94. The number of rotatable bonds is 5. The Morgan fingerprint density at radius 2 is 1.91 bits per heavy atom. The van der Waals surface area contributed by atoms with E-state index in [9.17, 15) is 20.0 Å².